The zero-order valence-corrected chi connectivity index (χ0v) is 13.6. The van der Waals surface area contributed by atoms with E-state index in [1.54, 1.807) is 24.1 Å². The monoisotopic (exact) mass is 321 g/mol. The van der Waals surface area contributed by atoms with E-state index in [9.17, 15) is 13.5 Å². The molecule has 1 aliphatic rings. The van der Waals surface area contributed by atoms with Gasteiger partial charge in [-0.25, -0.2) is 13.1 Å². The van der Waals surface area contributed by atoms with Gasteiger partial charge in [0.1, 0.15) is 4.90 Å². The molecular formula is C12H19NO3S3. The molecule has 7 heteroatoms. The van der Waals surface area contributed by atoms with Gasteiger partial charge in [0.05, 0.1) is 11.5 Å². The number of thiophene rings is 1. The lowest BCUT2D eigenvalue weighted by atomic mass is 9.84. The van der Waals surface area contributed by atoms with Crippen molar-refractivity contribution in [1.82, 2.24) is 4.72 Å². The molecule has 0 spiro atoms. The fourth-order valence-electron chi connectivity index (χ4n) is 2.28. The van der Waals surface area contributed by atoms with E-state index >= 15 is 0 Å². The third kappa shape index (κ3) is 3.00. The first kappa shape index (κ1) is 15.3. The summed E-state index contributed by atoms with van der Waals surface area (Å²) in [6.07, 6.45) is 5.32. The predicted octanol–water partition coefficient (Wildman–Crippen LogP) is 2.11. The largest absolute Gasteiger partial charge is 0.391 e. The van der Waals surface area contributed by atoms with E-state index < -0.39 is 10.0 Å². The van der Waals surface area contributed by atoms with Gasteiger partial charge in [0.15, 0.2) is 0 Å². The SMILES string of the molecule is CSC1(CNS(=O)(=O)c2c(C)csc2CO)CCC1. The molecule has 0 atom stereocenters. The van der Waals surface area contributed by atoms with Gasteiger partial charge in [-0.05, 0) is 37.0 Å². The van der Waals surface area contributed by atoms with Crippen LogP contribution in [0.1, 0.15) is 29.7 Å². The van der Waals surface area contributed by atoms with Gasteiger partial charge < -0.3 is 5.11 Å². The minimum absolute atomic E-state index is 0.0658. The number of hydrogen-bond acceptors (Lipinski definition) is 5. The molecule has 0 radical (unpaired) electrons. The minimum Gasteiger partial charge on any atom is -0.391 e. The maximum absolute atomic E-state index is 12.4. The van der Waals surface area contributed by atoms with Gasteiger partial charge in [0.25, 0.3) is 0 Å². The zero-order chi connectivity index (χ0) is 14.1. The smallest absolute Gasteiger partial charge is 0.242 e. The first-order valence-electron chi connectivity index (χ1n) is 6.17. The number of aliphatic hydroxyl groups excluding tert-OH is 1. The first-order valence-corrected chi connectivity index (χ1v) is 9.75. The summed E-state index contributed by atoms with van der Waals surface area (Å²) in [6, 6.07) is 0. The standard InChI is InChI=1S/C12H19NO3S3/c1-9-7-18-10(6-14)11(9)19(15,16)13-8-12(17-2)4-3-5-12/h7,13-14H,3-6,8H2,1-2H3. The van der Waals surface area contributed by atoms with Gasteiger partial charge in [0, 0.05) is 11.3 Å². The van der Waals surface area contributed by atoms with Crippen molar-refractivity contribution in [3.8, 4) is 0 Å². The molecule has 2 rings (SSSR count). The van der Waals surface area contributed by atoms with Crippen LogP contribution in [0.2, 0.25) is 0 Å². The molecule has 108 valence electrons. The Morgan fingerprint density at radius 3 is 2.68 bits per heavy atom. The molecule has 0 bridgehead atoms. The Bertz CT molecular complexity index is 541. The maximum atomic E-state index is 12.4. The van der Waals surface area contributed by atoms with Gasteiger partial charge >= 0.3 is 0 Å². The summed E-state index contributed by atoms with van der Waals surface area (Å²) in [7, 11) is -3.52. The molecule has 1 aromatic rings. The number of aliphatic hydroxyl groups is 1. The van der Waals surface area contributed by atoms with Crippen molar-refractivity contribution >= 4 is 33.1 Å². The highest BCUT2D eigenvalue weighted by molar-refractivity contribution is 8.00. The molecule has 0 amide bonds. The van der Waals surface area contributed by atoms with Crippen LogP contribution in [0, 0.1) is 6.92 Å². The van der Waals surface area contributed by atoms with Gasteiger partial charge in [0.2, 0.25) is 10.0 Å². The van der Waals surface area contributed by atoms with Gasteiger partial charge in [-0.2, -0.15) is 11.8 Å². The number of nitrogens with one attached hydrogen (secondary N) is 1. The second kappa shape index (κ2) is 5.73. The minimum atomic E-state index is -3.52. The van der Waals surface area contributed by atoms with Crippen LogP contribution in [-0.4, -0.2) is 31.1 Å². The molecule has 4 nitrogen and oxygen atoms in total. The molecule has 19 heavy (non-hydrogen) atoms. The van der Waals surface area contributed by atoms with Crippen LogP contribution < -0.4 is 4.72 Å². The number of thioether (sulfide) groups is 1. The number of hydrogen-bond donors (Lipinski definition) is 2. The summed E-state index contributed by atoms with van der Waals surface area (Å²) in [5.74, 6) is 0. The van der Waals surface area contributed by atoms with Crippen LogP contribution in [0.15, 0.2) is 10.3 Å². The predicted molar refractivity (Wildman–Crippen MR) is 80.3 cm³/mol. The van der Waals surface area contributed by atoms with Gasteiger partial charge in [-0.3, -0.25) is 0 Å². The Balaban J connectivity index is 2.16. The van der Waals surface area contributed by atoms with Crippen molar-refractivity contribution in [2.75, 3.05) is 12.8 Å². The highest BCUT2D eigenvalue weighted by Crippen LogP contribution is 2.42. The second-order valence-corrected chi connectivity index (χ2v) is 8.84. The Labute approximate surface area is 122 Å². The van der Waals surface area contributed by atoms with Crippen molar-refractivity contribution in [3.63, 3.8) is 0 Å². The number of sulfonamides is 1. The number of aryl methyl sites for hydroxylation is 1. The van der Waals surface area contributed by atoms with E-state index in [-0.39, 0.29) is 16.2 Å². The van der Waals surface area contributed by atoms with Crippen LogP contribution >= 0.6 is 23.1 Å². The van der Waals surface area contributed by atoms with Crippen molar-refractivity contribution < 1.29 is 13.5 Å². The Hall–Kier alpha value is -0.0800. The summed E-state index contributed by atoms with van der Waals surface area (Å²) in [5.41, 5.74) is 0.702. The van der Waals surface area contributed by atoms with Crippen molar-refractivity contribution in [3.05, 3.63) is 15.8 Å². The first-order chi connectivity index (χ1) is 8.94. The molecule has 0 aromatic carbocycles. The lowest BCUT2D eigenvalue weighted by Crippen LogP contribution is -2.45. The highest BCUT2D eigenvalue weighted by atomic mass is 32.2. The van der Waals surface area contributed by atoms with Crippen LogP contribution in [0.5, 0.6) is 0 Å². The third-order valence-electron chi connectivity index (χ3n) is 3.68. The third-order valence-corrected chi connectivity index (χ3v) is 7.95. The van der Waals surface area contributed by atoms with Crippen molar-refractivity contribution in [1.29, 1.82) is 0 Å². The van der Waals surface area contributed by atoms with Gasteiger partial charge in [-0.1, -0.05) is 6.42 Å². The summed E-state index contributed by atoms with van der Waals surface area (Å²) in [6.45, 7) is 2.00. The van der Waals surface area contributed by atoms with Crippen molar-refractivity contribution in [2.45, 2.75) is 42.4 Å². The van der Waals surface area contributed by atoms with Crippen LogP contribution in [-0.2, 0) is 16.6 Å². The van der Waals surface area contributed by atoms with Crippen LogP contribution in [0.4, 0.5) is 0 Å². The normalized spacial score (nSPS) is 18.3. The summed E-state index contributed by atoms with van der Waals surface area (Å²) < 4.78 is 27.5. The maximum Gasteiger partial charge on any atom is 0.242 e. The van der Waals surface area contributed by atoms with E-state index in [0.29, 0.717) is 17.0 Å². The molecule has 0 aliphatic heterocycles. The van der Waals surface area contributed by atoms with E-state index in [2.05, 4.69) is 4.72 Å². The van der Waals surface area contributed by atoms with Crippen LogP contribution in [0.3, 0.4) is 0 Å². The highest BCUT2D eigenvalue weighted by Gasteiger charge is 2.37. The van der Waals surface area contributed by atoms with E-state index in [4.69, 9.17) is 0 Å². The molecule has 1 aliphatic carbocycles. The molecule has 1 fully saturated rings. The molecule has 1 heterocycles. The van der Waals surface area contributed by atoms with E-state index in [1.165, 1.54) is 17.8 Å². The Morgan fingerprint density at radius 1 is 1.53 bits per heavy atom. The van der Waals surface area contributed by atoms with E-state index in [0.717, 1.165) is 12.8 Å². The number of rotatable bonds is 6. The molecule has 2 N–H and O–H groups in total. The second-order valence-electron chi connectivity index (χ2n) is 4.89. The average Bonchev–Trinajstić information content (AvgIpc) is 2.70. The topological polar surface area (TPSA) is 66.4 Å². The molecule has 0 unspecified atom stereocenters. The zero-order valence-electron chi connectivity index (χ0n) is 11.1. The van der Waals surface area contributed by atoms with Crippen LogP contribution in [0.25, 0.3) is 0 Å². The average molecular weight is 321 g/mol. The quantitative estimate of drug-likeness (QED) is 0.842. The fourth-order valence-corrected chi connectivity index (χ4v) is 6.07. The fraction of sp³-hybridized carbons (Fsp3) is 0.667. The Morgan fingerprint density at radius 2 is 2.21 bits per heavy atom. The summed E-state index contributed by atoms with van der Waals surface area (Å²) in [5, 5.41) is 11.0. The summed E-state index contributed by atoms with van der Waals surface area (Å²) >= 11 is 3.02. The molecule has 1 aromatic heterocycles. The van der Waals surface area contributed by atoms with Crippen molar-refractivity contribution in [2.24, 2.45) is 0 Å². The van der Waals surface area contributed by atoms with E-state index in [1.807, 2.05) is 6.26 Å². The molecular weight excluding hydrogens is 302 g/mol. The lowest BCUT2D eigenvalue weighted by Gasteiger charge is -2.40. The summed E-state index contributed by atoms with van der Waals surface area (Å²) in [4.78, 5) is 0.771. The Kier molecular flexibility index (Phi) is 4.62. The van der Waals surface area contributed by atoms with Gasteiger partial charge in [-0.15, -0.1) is 11.3 Å². The molecule has 1 saturated carbocycles. The lowest BCUT2D eigenvalue weighted by molar-refractivity contribution is 0.282. The molecule has 0 saturated heterocycles.